The molecule has 0 radical (unpaired) electrons. The van der Waals surface area contributed by atoms with Gasteiger partial charge in [-0.3, -0.25) is 4.79 Å². The third kappa shape index (κ3) is 4.91. The Hall–Kier alpha value is -1.93. The number of amides is 1. The molecule has 1 aliphatic heterocycles. The summed E-state index contributed by atoms with van der Waals surface area (Å²) in [4.78, 5) is 13.7. The lowest BCUT2D eigenvalue weighted by molar-refractivity contribution is -0.895. The van der Waals surface area contributed by atoms with Crippen molar-refractivity contribution in [3.05, 3.63) is 58.6 Å². The van der Waals surface area contributed by atoms with Gasteiger partial charge in [0.1, 0.15) is 0 Å². The minimum absolute atomic E-state index is 0.108. The van der Waals surface area contributed by atoms with Crippen molar-refractivity contribution in [1.82, 2.24) is 4.31 Å². The van der Waals surface area contributed by atoms with Crippen molar-refractivity contribution in [3.63, 3.8) is 0 Å². The lowest BCUT2D eigenvalue weighted by Crippen LogP contribution is -3.15. The topological polar surface area (TPSA) is 70.9 Å². The van der Waals surface area contributed by atoms with Crippen molar-refractivity contribution in [2.24, 2.45) is 0 Å². The monoisotopic (exact) mass is 422 g/mol. The van der Waals surface area contributed by atoms with Gasteiger partial charge in [0.25, 0.3) is 5.91 Å². The summed E-state index contributed by atoms with van der Waals surface area (Å²) in [5.74, 6) is -0.108. The maximum atomic E-state index is 13.0. The normalized spacial score (nSPS) is 16.1. The van der Waals surface area contributed by atoms with E-state index < -0.39 is 10.0 Å². The first-order valence-corrected chi connectivity index (χ1v) is 11.0. The molecule has 1 saturated heterocycles. The van der Waals surface area contributed by atoms with Gasteiger partial charge >= 0.3 is 0 Å². The van der Waals surface area contributed by atoms with Gasteiger partial charge in [-0.25, -0.2) is 8.42 Å². The van der Waals surface area contributed by atoms with Crippen molar-refractivity contribution in [3.8, 4) is 0 Å². The number of anilines is 1. The highest BCUT2D eigenvalue weighted by atomic mass is 35.5. The first kappa shape index (κ1) is 20.8. The molecular formula is C20H25ClN3O3S+. The molecule has 1 fully saturated rings. The molecule has 6 nitrogen and oxygen atoms in total. The molecule has 2 aromatic carbocycles. The zero-order valence-corrected chi connectivity index (χ0v) is 17.6. The molecule has 0 aromatic heterocycles. The van der Waals surface area contributed by atoms with E-state index in [1.807, 2.05) is 26.0 Å². The molecule has 150 valence electrons. The van der Waals surface area contributed by atoms with E-state index in [0.717, 1.165) is 16.0 Å². The van der Waals surface area contributed by atoms with Gasteiger partial charge in [-0.1, -0.05) is 29.8 Å². The number of nitrogens with zero attached hydrogens (tertiary/aromatic N) is 1. The predicted octanol–water partition coefficient (Wildman–Crippen LogP) is 1.48. The fourth-order valence-electron chi connectivity index (χ4n) is 3.34. The second kappa shape index (κ2) is 8.61. The van der Waals surface area contributed by atoms with Gasteiger partial charge in [0.15, 0.2) is 6.54 Å². The third-order valence-electron chi connectivity index (χ3n) is 4.91. The predicted molar refractivity (Wildman–Crippen MR) is 110 cm³/mol. The highest BCUT2D eigenvalue weighted by Crippen LogP contribution is 2.21. The molecular weight excluding hydrogens is 398 g/mol. The fraction of sp³-hybridized carbons (Fsp3) is 0.350. The SMILES string of the molecule is Cc1ccc(C)c(S(=O)(=O)N2CC[NH+](CC(=O)Nc3cccc(Cl)c3)CC2)c1. The quantitative estimate of drug-likeness (QED) is 0.766. The van der Waals surface area contributed by atoms with Crippen molar-refractivity contribution in [2.75, 3.05) is 38.0 Å². The van der Waals surface area contributed by atoms with Gasteiger partial charge in [0, 0.05) is 10.7 Å². The molecule has 3 rings (SSSR count). The van der Waals surface area contributed by atoms with Crippen LogP contribution in [0.5, 0.6) is 0 Å². The summed E-state index contributed by atoms with van der Waals surface area (Å²) in [6, 6.07) is 12.5. The van der Waals surface area contributed by atoms with Crippen molar-refractivity contribution in [2.45, 2.75) is 18.7 Å². The first-order valence-electron chi connectivity index (χ1n) is 9.22. The maximum Gasteiger partial charge on any atom is 0.279 e. The number of hydrogen-bond donors (Lipinski definition) is 2. The number of rotatable bonds is 5. The number of piperazine rings is 1. The Balaban J connectivity index is 1.58. The van der Waals surface area contributed by atoms with Crippen LogP contribution in [0.4, 0.5) is 5.69 Å². The summed E-state index contributed by atoms with van der Waals surface area (Å²) in [7, 11) is -3.52. The van der Waals surface area contributed by atoms with Crippen LogP contribution in [0.2, 0.25) is 5.02 Å². The van der Waals surface area contributed by atoms with Crippen LogP contribution in [0, 0.1) is 13.8 Å². The highest BCUT2D eigenvalue weighted by Gasteiger charge is 2.32. The summed E-state index contributed by atoms with van der Waals surface area (Å²) < 4.78 is 27.5. The third-order valence-corrected chi connectivity index (χ3v) is 7.19. The summed E-state index contributed by atoms with van der Waals surface area (Å²) >= 11 is 5.93. The second-order valence-corrected chi connectivity index (χ2v) is 9.50. The number of benzene rings is 2. The second-order valence-electron chi connectivity index (χ2n) is 7.16. The molecule has 0 atom stereocenters. The van der Waals surface area contributed by atoms with E-state index in [1.165, 1.54) is 4.31 Å². The molecule has 8 heteroatoms. The Morgan fingerprint density at radius 2 is 1.86 bits per heavy atom. The highest BCUT2D eigenvalue weighted by molar-refractivity contribution is 7.89. The molecule has 0 saturated carbocycles. The number of halogens is 1. The van der Waals surface area contributed by atoms with Crippen LogP contribution in [0.1, 0.15) is 11.1 Å². The van der Waals surface area contributed by atoms with Crippen LogP contribution >= 0.6 is 11.6 Å². The Morgan fingerprint density at radius 3 is 2.54 bits per heavy atom. The number of nitrogens with one attached hydrogen (secondary N) is 2. The first-order chi connectivity index (χ1) is 13.3. The molecule has 1 aliphatic rings. The average molecular weight is 423 g/mol. The summed E-state index contributed by atoms with van der Waals surface area (Å²) in [6.45, 7) is 5.97. The van der Waals surface area contributed by atoms with E-state index in [2.05, 4.69) is 5.32 Å². The van der Waals surface area contributed by atoms with Crippen LogP contribution in [0.25, 0.3) is 0 Å². The van der Waals surface area contributed by atoms with Crippen molar-refractivity contribution >= 4 is 33.2 Å². The van der Waals surface area contributed by atoms with E-state index in [1.54, 1.807) is 30.3 Å². The van der Waals surface area contributed by atoms with Gasteiger partial charge < -0.3 is 10.2 Å². The fourth-order valence-corrected chi connectivity index (χ4v) is 5.28. The largest absolute Gasteiger partial charge is 0.325 e. The standard InChI is InChI=1S/C20H24ClN3O3S/c1-15-6-7-16(2)19(12-15)28(26,27)24-10-8-23(9-11-24)14-20(25)22-18-5-3-4-17(21)13-18/h3-7,12-13H,8-11,14H2,1-2H3,(H,22,25)/p+1. The van der Waals surface area contributed by atoms with E-state index in [-0.39, 0.29) is 5.91 Å². The van der Waals surface area contributed by atoms with Crippen molar-refractivity contribution in [1.29, 1.82) is 0 Å². The Bertz CT molecular complexity index is 970. The zero-order valence-electron chi connectivity index (χ0n) is 16.0. The Morgan fingerprint density at radius 1 is 1.14 bits per heavy atom. The van der Waals surface area contributed by atoms with E-state index >= 15 is 0 Å². The van der Waals surface area contributed by atoms with Gasteiger partial charge in [-0.05, 0) is 49.2 Å². The smallest absolute Gasteiger partial charge is 0.279 e. The maximum absolute atomic E-state index is 13.0. The minimum Gasteiger partial charge on any atom is -0.325 e. The lowest BCUT2D eigenvalue weighted by atomic mass is 10.2. The molecule has 1 heterocycles. The summed E-state index contributed by atoms with van der Waals surface area (Å²) in [5.41, 5.74) is 2.33. The average Bonchev–Trinajstić information content (AvgIpc) is 2.64. The van der Waals surface area contributed by atoms with Crippen LogP contribution in [0.15, 0.2) is 47.4 Å². The van der Waals surface area contributed by atoms with Gasteiger partial charge in [0.2, 0.25) is 10.0 Å². The number of aryl methyl sites for hydroxylation is 2. The molecule has 0 spiro atoms. The minimum atomic E-state index is -3.52. The number of hydrogen-bond acceptors (Lipinski definition) is 3. The van der Waals surface area contributed by atoms with E-state index in [9.17, 15) is 13.2 Å². The molecule has 28 heavy (non-hydrogen) atoms. The number of quaternary nitrogens is 1. The van der Waals surface area contributed by atoms with Gasteiger partial charge in [0.05, 0.1) is 31.1 Å². The molecule has 2 N–H and O–H groups in total. The van der Waals surface area contributed by atoms with Crippen LogP contribution in [0.3, 0.4) is 0 Å². The molecule has 0 bridgehead atoms. The number of sulfonamides is 1. The number of carbonyl (C=O) groups excluding carboxylic acids is 1. The Kier molecular flexibility index (Phi) is 6.40. The molecule has 0 unspecified atom stereocenters. The van der Waals surface area contributed by atoms with Crippen LogP contribution in [-0.4, -0.2) is 51.4 Å². The summed E-state index contributed by atoms with van der Waals surface area (Å²) in [6.07, 6.45) is 0. The van der Waals surface area contributed by atoms with Crippen molar-refractivity contribution < 1.29 is 18.1 Å². The van der Waals surface area contributed by atoms with Gasteiger partial charge in [-0.2, -0.15) is 4.31 Å². The number of carbonyl (C=O) groups is 1. The van der Waals surface area contributed by atoms with Crippen LogP contribution < -0.4 is 10.2 Å². The molecule has 1 amide bonds. The zero-order chi connectivity index (χ0) is 20.3. The van der Waals surface area contributed by atoms with Gasteiger partial charge in [-0.15, -0.1) is 0 Å². The summed E-state index contributed by atoms with van der Waals surface area (Å²) in [5, 5.41) is 3.40. The lowest BCUT2D eigenvalue weighted by Gasteiger charge is -2.31. The van der Waals surface area contributed by atoms with Crippen LogP contribution in [-0.2, 0) is 14.8 Å². The van der Waals surface area contributed by atoms with E-state index in [4.69, 9.17) is 11.6 Å². The molecule has 2 aromatic rings. The Labute approximate surface area is 171 Å². The van der Waals surface area contributed by atoms with E-state index in [0.29, 0.717) is 48.3 Å². The molecule has 0 aliphatic carbocycles.